The highest BCUT2D eigenvalue weighted by molar-refractivity contribution is 6.31. The maximum Gasteiger partial charge on any atom is 0.250 e. The smallest absolute Gasteiger partial charge is 0.250 e. The van der Waals surface area contributed by atoms with Gasteiger partial charge in [-0.25, -0.2) is 0 Å². The van der Waals surface area contributed by atoms with Crippen LogP contribution in [0, 0.1) is 11.8 Å². The lowest BCUT2D eigenvalue weighted by Gasteiger charge is -2.29. The van der Waals surface area contributed by atoms with E-state index in [1.54, 1.807) is 18.2 Å². The second-order valence-electron chi connectivity index (χ2n) is 7.89. The molecule has 29 heavy (non-hydrogen) atoms. The molecular formula is C20H23ClN4O4. The van der Waals surface area contributed by atoms with Crippen molar-refractivity contribution in [2.24, 2.45) is 17.6 Å². The number of nitrogens with zero attached hydrogens (tertiary/aromatic N) is 1. The van der Waals surface area contributed by atoms with Crippen LogP contribution in [0.4, 0.5) is 5.69 Å². The van der Waals surface area contributed by atoms with Gasteiger partial charge in [-0.15, -0.1) is 0 Å². The Labute approximate surface area is 173 Å². The lowest BCUT2D eigenvalue weighted by Crippen LogP contribution is -2.53. The first-order chi connectivity index (χ1) is 13.8. The number of halogens is 1. The summed E-state index contributed by atoms with van der Waals surface area (Å²) in [6.45, 7) is 2.30. The number of fused-ring (bicyclic) bond motifs is 4. The lowest BCUT2D eigenvalue weighted by atomic mass is 9.76. The number of nitrogens with one attached hydrogen (secondary N) is 2. The summed E-state index contributed by atoms with van der Waals surface area (Å²) in [5.74, 6) is -3.15. The molecule has 0 radical (unpaired) electrons. The molecule has 9 heteroatoms. The van der Waals surface area contributed by atoms with Crippen molar-refractivity contribution in [3.8, 4) is 0 Å². The number of nitrogens with two attached hydrogens (primary N) is 1. The molecule has 154 valence electrons. The average Bonchev–Trinajstić information content (AvgIpc) is 3.24. The van der Waals surface area contributed by atoms with Crippen LogP contribution in [0.2, 0.25) is 5.02 Å². The van der Waals surface area contributed by atoms with Gasteiger partial charge in [0.15, 0.2) is 0 Å². The maximum atomic E-state index is 13.3. The van der Waals surface area contributed by atoms with E-state index in [0.29, 0.717) is 29.2 Å². The monoisotopic (exact) mass is 418 g/mol. The number of carbonyl (C=O) groups excluding carboxylic acids is 4. The molecule has 0 bridgehead atoms. The first kappa shape index (κ1) is 19.8. The molecule has 4 amide bonds. The summed E-state index contributed by atoms with van der Waals surface area (Å²) in [7, 11) is 0. The Bertz CT molecular complexity index is 920. The number of likely N-dealkylation sites (tertiary alicyclic amines) is 1. The van der Waals surface area contributed by atoms with E-state index in [2.05, 4.69) is 10.6 Å². The second-order valence-corrected chi connectivity index (χ2v) is 8.33. The summed E-state index contributed by atoms with van der Waals surface area (Å²) in [4.78, 5) is 52.3. The number of carbonyl (C=O) groups is 4. The fourth-order valence-electron chi connectivity index (χ4n) is 4.92. The molecule has 3 aliphatic rings. The lowest BCUT2D eigenvalue weighted by molar-refractivity contribution is -0.143. The third-order valence-corrected chi connectivity index (χ3v) is 6.44. The van der Waals surface area contributed by atoms with Crippen LogP contribution in [0.5, 0.6) is 0 Å². The van der Waals surface area contributed by atoms with Crippen molar-refractivity contribution in [2.45, 2.75) is 44.2 Å². The zero-order valence-corrected chi connectivity index (χ0v) is 16.8. The summed E-state index contributed by atoms with van der Waals surface area (Å²) < 4.78 is 0. The third-order valence-electron chi connectivity index (χ3n) is 6.21. The minimum atomic E-state index is -1.39. The van der Waals surface area contributed by atoms with Gasteiger partial charge in [0.05, 0.1) is 11.8 Å². The molecule has 0 unspecified atom stereocenters. The highest BCUT2D eigenvalue weighted by Crippen LogP contribution is 2.53. The molecule has 0 saturated carbocycles. The summed E-state index contributed by atoms with van der Waals surface area (Å²) in [6, 6.07) is 4.48. The van der Waals surface area contributed by atoms with Gasteiger partial charge in [0.1, 0.15) is 5.54 Å². The first-order valence-electron chi connectivity index (χ1n) is 9.84. The van der Waals surface area contributed by atoms with E-state index < -0.39 is 29.3 Å². The molecule has 4 atom stereocenters. The van der Waals surface area contributed by atoms with Crippen molar-refractivity contribution in [3.63, 3.8) is 0 Å². The number of primary amides is 1. The van der Waals surface area contributed by atoms with E-state index in [4.69, 9.17) is 17.3 Å². The zero-order chi connectivity index (χ0) is 20.9. The van der Waals surface area contributed by atoms with Crippen LogP contribution in [0.3, 0.4) is 0 Å². The number of hydrogen-bond donors (Lipinski definition) is 3. The average molecular weight is 419 g/mol. The van der Waals surface area contributed by atoms with Crippen molar-refractivity contribution in [3.05, 3.63) is 28.8 Å². The highest BCUT2D eigenvalue weighted by atomic mass is 35.5. The number of rotatable bonds is 6. The van der Waals surface area contributed by atoms with Crippen molar-refractivity contribution < 1.29 is 19.2 Å². The number of imide groups is 1. The molecule has 2 fully saturated rings. The van der Waals surface area contributed by atoms with Gasteiger partial charge in [-0.2, -0.15) is 0 Å². The van der Waals surface area contributed by atoms with Crippen LogP contribution in [-0.4, -0.2) is 41.1 Å². The van der Waals surface area contributed by atoms with Crippen molar-refractivity contribution in [1.82, 2.24) is 10.2 Å². The quantitative estimate of drug-likeness (QED) is 0.598. The fourth-order valence-corrected chi connectivity index (χ4v) is 5.09. The van der Waals surface area contributed by atoms with Gasteiger partial charge in [0, 0.05) is 35.3 Å². The molecule has 3 aliphatic heterocycles. The Morgan fingerprint density at radius 2 is 2.03 bits per heavy atom. The van der Waals surface area contributed by atoms with Gasteiger partial charge in [0.25, 0.3) is 0 Å². The maximum absolute atomic E-state index is 13.3. The van der Waals surface area contributed by atoms with Gasteiger partial charge in [-0.1, -0.05) is 24.9 Å². The second kappa shape index (κ2) is 7.11. The molecule has 4 N–H and O–H groups in total. The van der Waals surface area contributed by atoms with Gasteiger partial charge in [-0.3, -0.25) is 29.4 Å². The number of unbranched alkanes of at least 4 members (excludes halogenated alkanes) is 1. The van der Waals surface area contributed by atoms with Gasteiger partial charge in [0.2, 0.25) is 23.6 Å². The van der Waals surface area contributed by atoms with Gasteiger partial charge < -0.3 is 11.1 Å². The van der Waals surface area contributed by atoms with Crippen LogP contribution >= 0.6 is 11.6 Å². The predicted molar refractivity (Wildman–Crippen MR) is 106 cm³/mol. The van der Waals surface area contributed by atoms with Crippen LogP contribution in [0.15, 0.2) is 18.2 Å². The normalized spacial score (nSPS) is 30.1. The van der Waals surface area contributed by atoms with Crippen LogP contribution < -0.4 is 16.4 Å². The Morgan fingerprint density at radius 3 is 2.72 bits per heavy atom. The minimum absolute atomic E-state index is 0.0530. The molecule has 0 aliphatic carbocycles. The summed E-state index contributed by atoms with van der Waals surface area (Å²) in [5.41, 5.74) is 5.04. The first-order valence-corrected chi connectivity index (χ1v) is 10.2. The Kier molecular flexibility index (Phi) is 4.86. The van der Waals surface area contributed by atoms with E-state index in [0.717, 1.165) is 6.42 Å². The molecule has 3 heterocycles. The molecular weight excluding hydrogens is 396 g/mol. The zero-order valence-electron chi connectivity index (χ0n) is 16.0. The van der Waals surface area contributed by atoms with Crippen molar-refractivity contribution in [2.75, 3.05) is 11.9 Å². The molecule has 0 aromatic heterocycles. The number of amides is 4. The van der Waals surface area contributed by atoms with Gasteiger partial charge in [-0.05, 0) is 31.0 Å². The van der Waals surface area contributed by atoms with Gasteiger partial charge >= 0.3 is 0 Å². The Hall–Kier alpha value is -2.45. The van der Waals surface area contributed by atoms with E-state index in [1.807, 2.05) is 6.92 Å². The molecule has 1 aromatic carbocycles. The SMILES string of the molecule is CCCCN1C(=O)[C@@H]2[C@H](CCC(N)=O)N[C@@]3(C(=O)Nc4ccc(Cl)cc43)[C@@H]2C1=O. The molecule has 1 spiro atoms. The molecule has 4 rings (SSSR count). The summed E-state index contributed by atoms with van der Waals surface area (Å²) >= 11 is 6.19. The summed E-state index contributed by atoms with van der Waals surface area (Å²) in [6.07, 6.45) is 1.84. The highest BCUT2D eigenvalue weighted by Gasteiger charge is 2.70. The Morgan fingerprint density at radius 1 is 1.28 bits per heavy atom. The topological polar surface area (TPSA) is 122 Å². The molecule has 2 saturated heterocycles. The predicted octanol–water partition coefficient (Wildman–Crippen LogP) is 1.13. The molecule has 1 aromatic rings. The number of benzene rings is 1. The summed E-state index contributed by atoms with van der Waals surface area (Å²) in [5, 5.41) is 6.49. The minimum Gasteiger partial charge on any atom is -0.370 e. The van der Waals surface area contributed by atoms with Crippen LogP contribution in [0.25, 0.3) is 0 Å². The largest absolute Gasteiger partial charge is 0.370 e. The number of hydrogen-bond acceptors (Lipinski definition) is 5. The Balaban J connectivity index is 1.81. The molecule has 8 nitrogen and oxygen atoms in total. The van der Waals surface area contributed by atoms with Crippen LogP contribution in [0.1, 0.15) is 38.2 Å². The van der Waals surface area contributed by atoms with Crippen molar-refractivity contribution in [1.29, 1.82) is 0 Å². The van der Waals surface area contributed by atoms with E-state index in [-0.39, 0.29) is 30.6 Å². The van der Waals surface area contributed by atoms with Crippen molar-refractivity contribution >= 4 is 40.9 Å². The van der Waals surface area contributed by atoms with E-state index >= 15 is 0 Å². The van der Waals surface area contributed by atoms with Crippen LogP contribution in [-0.2, 0) is 24.7 Å². The van der Waals surface area contributed by atoms with E-state index in [9.17, 15) is 19.2 Å². The van der Waals surface area contributed by atoms with E-state index in [1.165, 1.54) is 4.90 Å². The standard InChI is InChI=1S/C20H23ClN4O4/c1-2-3-8-25-17(27)15-13(6-7-14(22)26)24-20(16(15)18(25)28)11-9-10(21)4-5-12(11)23-19(20)29/h4-5,9,13,15-16,24H,2-3,6-8H2,1H3,(H2,22,26)(H,23,29)/t13-,15+,16-,20+/m0/s1. The number of anilines is 1. The third kappa shape index (κ3) is 2.85. The fraction of sp³-hybridized carbons (Fsp3) is 0.500.